The summed E-state index contributed by atoms with van der Waals surface area (Å²) in [5.74, 6) is 0.507. The molecule has 1 rings (SSSR count). The Kier molecular flexibility index (Phi) is 4.60. The molecule has 82 valence electrons. The molecule has 0 aliphatic heterocycles. The molecule has 0 saturated carbocycles. The van der Waals surface area contributed by atoms with Crippen LogP contribution in [-0.4, -0.2) is 17.5 Å². The first-order valence-electron chi connectivity index (χ1n) is 5.17. The van der Waals surface area contributed by atoms with Crippen LogP contribution in [0.4, 0.5) is 0 Å². The first kappa shape index (κ1) is 11.5. The average molecular weight is 206 g/mol. The topological polar surface area (TPSA) is 63.3 Å². The van der Waals surface area contributed by atoms with Crippen molar-refractivity contribution in [2.24, 2.45) is 10.7 Å². The van der Waals surface area contributed by atoms with Crippen LogP contribution in [0, 0.1) is 6.92 Å². The van der Waals surface area contributed by atoms with E-state index in [4.69, 9.17) is 5.73 Å². The third-order valence-corrected chi connectivity index (χ3v) is 2.11. The summed E-state index contributed by atoms with van der Waals surface area (Å²) < 4.78 is 0. The molecular weight excluding hydrogens is 188 g/mol. The molecule has 0 spiro atoms. The van der Waals surface area contributed by atoms with E-state index in [2.05, 4.69) is 22.2 Å². The van der Waals surface area contributed by atoms with Crippen molar-refractivity contribution in [3.05, 3.63) is 29.6 Å². The van der Waals surface area contributed by atoms with Gasteiger partial charge < -0.3 is 11.1 Å². The first-order chi connectivity index (χ1) is 7.24. The van der Waals surface area contributed by atoms with Gasteiger partial charge in [-0.05, 0) is 30.5 Å². The number of aliphatic imine (C=N–C) groups is 1. The van der Waals surface area contributed by atoms with Crippen molar-refractivity contribution in [2.75, 3.05) is 6.54 Å². The molecule has 0 atom stereocenters. The van der Waals surface area contributed by atoms with Gasteiger partial charge in [-0.3, -0.25) is 4.98 Å². The molecule has 0 amide bonds. The predicted octanol–water partition coefficient (Wildman–Crippen LogP) is 1.20. The smallest absolute Gasteiger partial charge is 0.188 e. The minimum absolute atomic E-state index is 0.507. The molecule has 0 bridgehead atoms. The third-order valence-electron chi connectivity index (χ3n) is 2.11. The van der Waals surface area contributed by atoms with Gasteiger partial charge >= 0.3 is 0 Å². The predicted molar refractivity (Wildman–Crippen MR) is 62.6 cm³/mol. The van der Waals surface area contributed by atoms with Crippen LogP contribution in [0.15, 0.2) is 23.5 Å². The van der Waals surface area contributed by atoms with Crippen molar-refractivity contribution in [3.63, 3.8) is 0 Å². The Morgan fingerprint density at radius 2 is 2.40 bits per heavy atom. The molecule has 0 fully saturated rings. The van der Waals surface area contributed by atoms with Crippen molar-refractivity contribution in [1.82, 2.24) is 10.3 Å². The van der Waals surface area contributed by atoms with E-state index in [0.29, 0.717) is 12.5 Å². The molecule has 4 nitrogen and oxygen atoms in total. The van der Waals surface area contributed by atoms with Crippen molar-refractivity contribution < 1.29 is 0 Å². The summed E-state index contributed by atoms with van der Waals surface area (Å²) in [5.41, 5.74) is 7.98. The number of nitrogens with two attached hydrogens (primary N) is 1. The fourth-order valence-corrected chi connectivity index (χ4v) is 1.16. The quantitative estimate of drug-likeness (QED) is 0.575. The standard InChI is InChI=1S/C11H18N4/c1-3-5-14-11(12)15-8-10-4-6-13-7-9(10)2/h4,6-7H,3,5,8H2,1-2H3,(H3,12,14,15). The molecule has 0 radical (unpaired) electrons. The minimum atomic E-state index is 0.507. The number of rotatable bonds is 4. The van der Waals surface area contributed by atoms with Crippen molar-refractivity contribution in [2.45, 2.75) is 26.8 Å². The zero-order chi connectivity index (χ0) is 11.1. The average Bonchev–Trinajstić information content (AvgIpc) is 2.25. The molecule has 3 N–H and O–H groups in total. The Bertz CT molecular complexity index is 333. The Hall–Kier alpha value is -1.58. The third kappa shape index (κ3) is 3.97. The number of aromatic nitrogens is 1. The van der Waals surface area contributed by atoms with Crippen molar-refractivity contribution >= 4 is 5.96 Å². The number of aryl methyl sites for hydroxylation is 1. The zero-order valence-corrected chi connectivity index (χ0v) is 9.33. The maximum absolute atomic E-state index is 5.68. The summed E-state index contributed by atoms with van der Waals surface area (Å²) in [4.78, 5) is 8.27. The second kappa shape index (κ2) is 6.01. The van der Waals surface area contributed by atoms with Crippen LogP contribution in [0.25, 0.3) is 0 Å². The fourth-order valence-electron chi connectivity index (χ4n) is 1.16. The maximum atomic E-state index is 5.68. The lowest BCUT2D eigenvalue weighted by atomic mass is 10.2. The highest BCUT2D eigenvalue weighted by Gasteiger charge is 1.96. The van der Waals surface area contributed by atoms with Gasteiger partial charge in [0, 0.05) is 18.9 Å². The second-order valence-corrected chi connectivity index (χ2v) is 3.43. The normalized spacial score (nSPS) is 11.5. The summed E-state index contributed by atoms with van der Waals surface area (Å²) in [7, 11) is 0. The van der Waals surface area contributed by atoms with Crippen molar-refractivity contribution in [3.8, 4) is 0 Å². The van der Waals surface area contributed by atoms with E-state index < -0.39 is 0 Å². The van der Waals surface area contributed by atoms with Gasteiger partial charge in [0.15, 0.2) is 5.96 Å². The summed E-state index contributed by atoms with van der Waals surface area (Å²) >= 11 is 0. The Balaban J connectivity index is 2.52. The van der Waals surface area contributed by atoms with Gasteiger partial charge in [-0.2, -0.15) is 0 Å². The minimum Gasteiger partial charge on any atom is -0.370 e. The van der Waals surface area contributed by atoms with Gasteiger partial charge in [0.2, 0.25) is 0 Å². The summed E-state index contributed by atoms with van der Waals surface area (Å²) in [6.45, 7) is 5.59. The summed E-state index contributed by atoms with van der Waals surface area (Å²) in [5, 5.41) is 3.03. The van der Waals surface area contributed by atoms with Gasteiger partial charge in [-0.15, -0.1) is 0 Å². The highest BCUT2D eigenvalue weighted by Crippen LogP contribution is 2.05. The lowest BCUT2D eigenvalue weighted by Crippen LogP contribution is -2.32. The van der Waals surface area contributed by atoms with E-state index in [1.165, 1.54) is 0 Å². The lowest BCUT2D eigenvalue weighted by molar-refractivity contribution is 0.825. The monoisotopic (exact) mass is 206 g/mol. The van der Waals surface area contributed by atoms with E-state index in [1.54, 1.807) is 6.20 Å². The van der Waals surface area contributed by atoms with Crippen LogP contribution in [0.1, 0.15) is 24.5 Å². The van der Waals surface area contributed by atoms with Crippen LogP contribution in [0.2, 0.25) is 0 Å². The number of guanidine groups is 1. The van der Waals surface area contributed by atoms with Gasteiger partial charge in [-0.25, -0.2) is 4.99 Å². The Morgan fingerprint density at radius 3 is 3.07 bits per heavy atom. The Labute approximate surface area is 90.6 Å². The molecule has 0 unspecified atom stereocenters. The van der Waals surface area contributed by atoms with Crippen LogP contribution < -0.4 is 11.1 Å². The molecule has 1 heterocycles. The van der Waals surface area contributed by atoms with Crippen LogP contribution in [0.5, 0.6) is 0 Å². The zero-order valence-electron chi connectivity index (χ0n) is 9.33. The molecule has 0 saturated heterocycles. The molecule has 1 aromatic rings. The van der Waals surface area contributed by atoms with Gasteiger partial charge in [0.25, 0.3) is 0 Å². The number of nitrogens with zero attached hydrogens (tertiary/aromatic N) is 2. The molecular formula is C11H18N4. The fraction of sp³-hybridized carbons (Fsp3) is 0.455. The maximum Gasteiger partial charge on any atom is 0.188 e. The molecule has 0 aliphatic rings. The van der Waals surface area contributed by atoms with Crippen LogP contribution in [-0.2, 0) is 6.54 Å². The van der Waals surface area contributed by atoms with Gasteiger partial charge in [0.1, 0.15) is 0 Å². The highest BCUT2D eigenvalue weighted by molar-refractivity contribution is 5.77. The number of nitrogens with one attached hydrogen (secondary N) is 1. The van der Waals surface area contributed by atoms with E-state index >= 15 is 0 Å². The van der Waals surface area contributed by atoms with Crippen molar-refractivity contribution in [1.29, 1.82) is 0 Å². The highest BCUT2D eigenvalue weighted by atomic mass is 15.1. The van der Waals surface area contributed by atoms with E-state index in [9.17, 15) is 0 Å². The van der Waals surface area contributed by atoms with E-state index in [-0.39, 0.29) is 0 Å². The van der Waals surface area contributed by atoms with Gasteiger partial charge in [0.05, 0.1) is 6.54 Å². The molecule has 0 aromatic carbocycles. The number of hydrogen-bond acceptors (Lipinski definition) is 2. The van der Waals surface area contributed by atoms with E-state index in [1.807, 2.05) is 19.2 Å². The lowest BCUT2D eigenvalue weighted by Gasteiger charge is -2.04. The van der Waals surface area contributed by atoms with E-state index in [0.717, 1.165) is 24.1 Å². The molecule has 15 heavy (non-hydrogen) atoms. The van der Waals surface area contributed by atoms with Crippen LogP contribution >= 0.6 is 0 Å². The largest absolute Gasteiger partial charge is 0.370 e. The molecule has 1 aromatic heterocycles. The SMILES string of the molecule is CCCNC(N)=NCc1ccncc1C. The van der Waals surface area contributed by atoms with Gasteiger partial charge in [-0.1, -0.05) is 6.92 Å². The first-order valence-corrected chi connectivity index (χ1v) is 5.17. The number of hydrogen-bond donors (Lipinski definition) is 2. The summed E-state index contributed by atoms with van der Waals surface area (Å²) in [6, 6.07) is 1.96. The molecule has 0 aliphatic carbocycles. The molecule has 4 heteroatoms. The second-order valence-electron chi connectivity index (χ2n) is 3.43. The van der Waals surface area contributed by atoms with Crippen LogP contribution in [0.3, 0.4) is 0 Å². The summed E-state index contributed by atoms with van der Waals surface area (Å²) in [6.07, 6.45) is 4.65. The number of pyridine rings is 1. The Morgan fingerprint density at radius 1 is 1.60 bits per heavy atom.